The van der Waals surface area contributed by atoms with E-state index in [9.17, 15) is 0 Å². The Labute approximate surface area is 82.6 Å². The van der Waals surface area contributed by atoms with Gasteiger partial charge in [-0.3, -0.25) is 0 Å². The third kappa shape index (κ3) is 1.50. The minimum Gasteiger partial charge on any atom is -0.111 e. The molecular weight excluding hydrogens is 184 g/mol. The molecule has 1 unspecified atom stereocenters. The van der Waals surface area contributed by atoms with Crippen molar-refractivity contribution < 1.29 is 0 Å². The molecule has 1 aromatic carbocycles. The van der Waals surface area contributed by atoms with Crippen molar-refractivity contribution in [2.75, 3.05) is 0 Å². The standard InChI is InChI=1S/C10H12S2/c11-12-10-7-3-5-8-4-1-2-6-9(8)10/h1-2,4,6,10-11H,3,5,7H2. The summed E-state index contributed by atoms with van der Waals surface area (Å²) in [5.41, 5.74) is 3.03. The lowest BCUT2D eigenvalue weighted by atomic mass is 9.91. The third-order valence-electron chi connectivity index (χ3n) is 2.44. The van der Waals surface area contributed by atoms with Gasteiger partial charge in [0.2, 0.25) is 0 Å². The minimum atomic E-state index is 0.623. The van der Waals surface area contributed by atoms with Gasteiger partial charge in [0.1, 0.15) is 0 Å². The van der Waals surface area contributed by atoms with Gasteiger partial charge in [-0.1, -0.05) is 35.1 Å². The summed E-state index contributed by atoms with van der Waals surface area (Å²) in [5.74, 6) is 0. The molecule has 0 heterocycles. The van der Waals surface area contributed by atoms with Crippen LogP contribution in [-0.4, -0.2) is 0 Å². The van der Waals surface area contributed by atoms with Gasteiger partial charge in [0, 0.05) is 5.25 Å². The van der Waals surface area contributed by atoms with E-state index in [-0.39, 0.29) is 0 Å². The molecule has 1 aliphatic carbocycles. The van der Waals surface area contributed by atoms with Crippen LogP contribution in [0.4, 0.5) is 0 Å². The van der Waals surface area contributed by atoms with Gasteiger partial charge in [0.15, 0.2) is 0 Å². The fourth-order valence-corrected chi connectivity index (χ4v) is 3.09. The zero-order valence-electron chi connectivity index (χ0n) is 6.86. The average Bonchev–Trinajstić information content (AvgIpc) is 2.17. The predicted octanol–water partition coefficient (Wildman–Crippen LogP) is 3.64. The maximum atomic E-state index is 4.30. The van der Waals surface area contributed by atoms with Crippen LogP contribution < -0.4 is 0 Å². The highest BCUT2D eigenvalue weighted by atomic mass is 33.1. The van der Waals surface area contributed by atoms with Crippen LogP contribution in [0.1, 0.15) is 29.2 Å². The van der Waals surface area contributed by atoms with Gasteiger partial charge in [-0.05, 0) is 30.4 Å². The van der Waals surface area contributed by atoms with Gasteiger partial charge in [0.25, 0.3) is 0 Å². The van der Waals surface area contributed by atoms with Crippen LogP contribution in [-0.2, 0) is 6.42 Å². The number of aryl methyl sites for hydroxylation is 1. The molecule has 0 saturated carbocycles. The second-order valence-corrected chi connectivity index (χ2v) is 4.60. The maximum Gasteiger partial charge on any atom is 0.0401 e. The van der Waals surface area contributed by atoms with Gasteiger partial charge in [-0.2, -0.15) is 0 Å². The van der Waals surface area contributed by atoms with Crippen molar-refractivity contribution in [2.24, 2.45) is 0 Å². The Kier molecular flexibility index (Phi) is 2.66. The first-order valence-corrected chi connectivity index (χ1v) is 6.23. The van der Waals surface area contributed by atoms with Crippen molar-refractivity contribution in [1.29, 1.82) is 0 Å². The first kappa shape index (κ1) is 8.52. The van der Waals surface area contributed by atoms with E-state index in [1.807, 2.05) is 0 Å². The predicted molar refractivity (Wildman–Crippen MR) is 58.7 cm³/mol. The highest BCUT2D eigenvalue weighted by Gasteiger charge is 2.18. The van der Waals surface area contributed by atoms with Crippen molar-refractivity contribution in [1.82, 2.24) is 0 Å². The van der Waals surface area contributed by atoms with E-state index in [0.717, 1.165) is 0 Å². The Bertz CT molecular complexity index is 270. The molecule has 64 valence electrons. The van der Waals surface area contributed by atoms with Crippen LogP contribution in [0.25, 0.3) is 0 Å². The summed E-state index contributed by atoms with van der Waals surface area (Å²) >= 11 is 4.30. The summed E-state index contributed by atoms with van der Waals surface area (Å²) in [5, 5.41) is 0.623. The van der Waals surface area contributed by atoms with E-state index in [4.69, 9.17) is 0 Å². The van der Waals surface area contributed by atoms with Crippen LogP contribution in [0.15, 0.2) is 24.3 Å². The zero-order valence-corrected chi connectivity index (χ0v) is 8.57. The summed E-state index contributed by atoms with van der Waals surface area (Å²) in [4.78, 5) is 0. The number of hydrogen-bond donors (Lipinski definition) is 1. The van der Waals surface area contributed by atoms with E-state index < -0.39 is 0 Å². The minimum absolute atomic E-state index is 0.623. The summed E-state index contributed by atoms with van der Waals surface area (Å²) in [6.45, 7) is 0. The summed E-state index contributed by atoms with van der Waals surface area (Å²) in [6.07, 6.45) is 3.85. The fraction of sp³-hybridized carbons (Fsp3) is 0.400. The lowest BCUT2D eigenvalue weighted by Crippen LogP contribution is -2.05. The molecule has 0 fully saturated rings. The highest BCUT2D eigenvalue weighted by Crippen LogP contribution is 2.40. The van der Waals surface area contributed by atoms with Crippen LogP contribution in [0, 0.1) is 0 Å². The molecule has 0 radical (unpaired) electrons. The largest absolute Gasteiger partial charge is 0.111 e. The highest BCUT2D eigenvalue weighted by molar-refractivity contribution is 8.68. The normalized spacial score (nSPS) is 21.9. The molecule has 0 aliphatic heterocycles. The lowest BCUT2D eigenvalue weighted by molar-refractivity contribution is 0.676. The van der Waals surface area contributed by atoms with E-state index in [2.05, 4.69) is 35.9 Å². The van der Waals surface area contributed by atoms with Crippen molar-refractivity contribution >= 4 is 22.5 Å². The molecule has 0 N–H and O–H groups in total. The van der Waals surface area contributed by atoms with Crippen molar-refractivity contribution in [3.8, 4) is 0 Å². The molecule has 2 heteroatoms. The quantitative estimate of drug-likeness (QED) is 0.528. The van der Waals surface area contributed by atoms with Crippen molar-refractivity contribution in [3.63, 3.8) is 0 Å². The Hall–Kier alpha value is -0.0800. The van der Waals surface area contributed by atoms with Gasteiger partial charge in [-0.25, -0.2) is 0 Å². The lowest BCUT2D eigenvalue weighted by Gasteiger charge is -2.22. The Morgan fingerprint density at radius 2 is 2.17 bits per heavy atom. The van der Waals surface area contributed by atoms with E-state index in [0.29, 0.717) is 5.25 Å². The van der Waals surface area contributed by atoms with Gasteiger partial charge >= 0.3 is 0 Å². The molecule has 0 nitrogen and oxygen atoms in total. The Balaban J connectivity index is 2.37. The molecule has 0 spiro atoms. The fourth-order valence-electron chi connectivity index (χ4n) is 1.82. The van der Waals surface area contributed by atoms with Crippen LogP contribution in [0.5, 0.6) is 0 Å². The Morgan fingerprint density at radius 3 is 3.00 bits per heavy atom. The topological polar surface area (TPSA) is 0 Å². The molecule has 0 bridgehead atoms. The van der Waals surface area contributed by atoms with Crippen molar-refractivity contribution in [2.45, 2.75) is 24.5 Å². The third-order valence-corrected chi connectivity index (χ3v) is 3.95. The van der Waals surface area contributed by atoms with E-state index in [1.54, 1.807) is 10.8 Å². The number of thiol groups is 1. The first-order chi connectivity index (χ1) is 5.92. The second kappa shape index (κ2) is 3.75. The smallest absolute Gasteiger partial charge is 0.0401 e. The summed E-state index contributed by atoms with van der Waals surface area (Å²) in [6, 6.07) is 8.74. The van der Waals surface area contributed by atoms with E-state index >= 15 is 0 Å². The molecule has 1 aliphatic rings. The second-order valence-electron chi connectivity index (χ2n) is 3.19. The SMILES string of the molecule is SSC1CCCc2ccccc21. The van der Waals surface area contributed by atoms with Gasteiger partial charge in [-0.15, -0.1) is 11.7 Å². The molecule has 1 atom stereocenters. The van der Waals surface area contributed by atoms with Crippen LogP contribution in [0.2, 0.25) is 0 Å². The number of fused-ring (bicyclic) bond motifs is 1. The van der Waals surface area contributed by atoms with Crippen LogP contribution >= 0.6 is 22.5 Å². The molecule has 0 amide bonds. The maximum absolute atomic E-state index is 4.30. The number of benzene rings is 1. The number of rotatable bonds is 1. The Morgan fingerprint density at radius 1 is 1.33 bits per heavy atom. The van der Waals surface area contributed by atoms with Gasteiger partial charge in [0.05, 0.1) is 0 Å². The summed E-state index contributed by atoms with van der Waals surface area (Å²) in [7, 11) is 1.68. The summed E-state index contributed by atoms with van der Waals surface area (Å²) < 4.78 is 0. The monoisotopic (exact) mass is 196 g/mol. The molecular formula is C10H12S2. The first-order valence-electron chi connectivity index (χ1n) is 4.30. The average molecular weight is 196 g/mol. The molecule has 2 rings (SSSR count). The van der Waals surface area contributed by atoms with Crippen molar-refractivity contribution in [3.05, 3.63) is 35.4 Å². The molecule has 1 aromatic rings. The molecule has 0 aromatic heterocycles. The zero-order chi connectivity index (χ0) is 8.39. The van der Waals surface area contributed by atoms with E-state index in [1.165, 1.54) is 30.4 Å². The van der Waals surface area contributed by atoms with Crippen LogP contribution in [0.3, 0.4) is 0 Å². The van der Waals surface area contributed by atoms with Gasteiger partial charge < -0.3 is 0 Å². The molecule has 0 saturated heterocycles. The number of hydrogen-bond acceptors (Lipinski definition) is 2. The molecule has 12 heavy (non-hydrogen) atoms.